The maximum atomic E-state index is 13.0. The molecule has 2 aliphatic rings. The number of carbonyl (C=O) groups excluding carboxylic acids is 2. The number of hydrogen-bond acceptors (Lipinski definition) is 6. The van der Waals surface area contributed by atoms with Crippen LogP contribution in [0, 0.1) is 6.92 Å². The SMILES string of the molecule is CCN(CC)C(=O)C1Cn2ccnc2C2(CCN(C(=O)c3ccoc3C)CC2)O1.O=C(O)C(F)(F)F. The number of likely N-dealkylation sites (tertiary alicyclic amines) is 1. The molecule has 2 aromatic rings. The summed E-state index contributed by atoms with van der Waals surface area (Å²) in [7, 11) is 0. The van der Waals surface area contributed by atoms with Crippen LogP contribution in [0.15, 0.2) is 29.1 Å². The number of fused-ring (bicyclic) bond motifs is 2. The lowest BCUT2D eigenvalue weighted by atomic mass is 9.88. The number of hydrogen-bond donors (Lipinski definition) is 1. The van der Waals surface area contributed by atoms with Crippen LogP contribution >= 0.6 is 0 Å². The van der Waals surface area contributed by atoms with E-state index < -0.39 is 23.9 Å². The monoisotopic (exact) mass is 514 g/mol. The van der Waals surface area contributed by atoms with Crippen molar-refractivity contribution in [3.05, 3.63) is 41.9 Å². The van der Waals surface area contributed by atoms with E-state index in [9.17, 15) is 22.8 Å². The fourth-order valence-electron chi connectivity index (χ4n) is 4.45. The Morgan fingerprint density at radius 3 is 2.33 bits per heavy atom. The normalized spacial score (nSPS) is 18.7. The average Bonchev–Trinajstić information content (AvgIpc) is 3.49. The first-order valence-corrected chi connectivity index (χ1v) is 11.5. The summed E-state index contributed by atoms with van der Waals surface area (Å²) < 4.78 is 45.5. The van der Waals surface area contributed by atoms with Crippen LogP contribution in [-0.4, -0.2) is 80.7 Å². The van der Waals surface area contributed by atoms with Gasteiger partial charge >= 0.3 is 12.1 Å². The highest BCUT2D eigenvalue weighted by atomic mass is 19.4. The number of halogens is 3. The number of piperidine rings is 1. The summed E-state index contributed by atoms with van der Waals surface area (Å²) in [5, 5.41) is 7.12. The van der Waals surface area contributed by atoms with Crippen LogP contribution in [0.1, 0.15) is 48.6 Å². The zero-order chi connectivity index (χ0) is 26.7. The lowest BCUT2D eigenvalue weighted by molar-refractivity contribution is -0.192. The summed E-state index contributed by atoms with van der Waals surface area (Å²) in [5.74, 6) is -1.29. The zero-order valence-corrected chi connectivity index (χ0v) is 20.2. The van der Waals surface area contributed by atoms with Crippen molar-refractivity contribution in [3.8, 4) is 0 Å². The predicted octanol–water partition coefficient (Wildman–Crippen LogP) is 2.82. The van der Waals surface area contributed by atoms with Crippen molar-refractivity contribution in [2.24, 2.45) is 0 Å². The van der Waals surface area contributed by atoms with Gasteiger partial charge in [0.25, 0.3) is 11.8 Å². The molecule has 0 bridgehead atoms. The van der Waals surface area contributed by atoms with Crippen LogP contribution in [0.3, 0.4) is 0 Å². The van der Waals surface area contributed by atoms with Gasteiger partial charge < -0.3 is 28.6 Å². The second kappa shape index (κ2) is 10.7. The Morgan fingerprint density at radius 1 is 1.22 bits per heavy atom. The number of imidazole rings is 1. The summed E-state index contributed by atoms with van der Waals surface area (Å²) in [6.45, 7) is 8.63. The van der Waals surface area contributed by atoms with Crippen molar-refractivity contribution in [2.75, 3.05) is 26.2 Å². The van der Waals surface area contributed by atoms with Gasteiger partial charge in [0.1, 0.15) is 17.2 Å². The number of carboxylic acid groups (broad SMARTS) is 1. The molecule has 4 rings (SSSR count). The standard InChI is InChI=1S/C21H28N4O4.C2HF3O2/c1-4-23(5-2)19(27)17-14-25-12-9-22-20(25)21(29-17)7-10-24(11-8-21)18(26)16-6-13-28-15(16)3;3-2(4,5)1(6)7/h6,9,12-13,17H,4-5,7-8,10-11,14H2,1-3H3;(H,6,7). The van der Waals surface area contributed by atoms with E-state index in [1.807, 2.05) is 29.5 Å². The quantitative estimate of drug-likeness (QED) is 0.667. The molecule has 1 spiro atoms. The van der Waals surface area contributed by atoms with E-state index in [2.05, 4.69) is 4.98 Å². The van der Waals surface area contributed by atoms with Gasteiger partial charge in [-0.15, -0.1) is 0 Å². The summed E-state index contributed by atoms with van der Waals surface area (Å²) >= 11 is 0. The minimum Gasteiger partial charge on any atom is -0.475 e. The lowest BCUT2D eigenvalue weighted by Gasteiger charge is -2.46. The largest absolute Gasteiger partial charge is 0.490 e. The number of furan rings is 1. The maximum absolute atomic E-state index is 13.0. The maximum Gasteiger partial charge on any atom is 0.490 e. The third kappa shape index (κ3) is 5.55. The van der Waals surface area contributed by atoms with Gasteiger partial charge in [0.15, 0.2) is 6.10 Å². The average molecular weight is 515 g/mol. The molecule has 0 radical (unpaired) electrons. The molecule has 0 aromatic carbocycles. The number of carboxylic acids is 1. The third-order valence-corrected chi connectivity index (χ3v) is 6.39. The molecule has 1 N–H and O–H groups in total. The Hall–Kier alpha value is -3.35. The Morgan fingerprint density at radius 2 is 1.83 bits per heavy atom. The van der Waals surface area contributed by atoms with Crippen LogP contribution in [0.5, 0.6) is 0 Å². The van der Waals surface area contributed by atoms with Gasteiger partial charge in [0, 0.05) is 51.4 Å². The minimum atomic E-state index is -5.08. The molecule has 0 aliphatic carbocycles. The molecule has 13 heteroatoms. The van der Waals surface area contributed by atoms with Gasteiger partial charge in [-0.1, -0.05) is 0 Å². The van der Waals surface area contributed by atoms with E-state index in [4.69, 9.17) is 19.1 Å². The van der Waals surface area contributed by atoms with E-state index in [1.165, 1.54) is 0 Å². The van der Waals surface area contributed by atoms with Crippen molar-refractivity contribution in [1.82, 2.24) is 19.4 Å². The first-order valence-electron chi connectivity index (χ1n) is 11.5. The first-order chi connectivity index (χ1) is 16.9. The summed E-state index contributed by atoms with van der Waals surface area (Å²) in [4.78, 5) is 42.9. The van der Waals surface area contributed by atoms with Crippen molar-refractivity contribution >= 4 is 17.8 Å². The lowest BCUT2D eigenvalue weighted by Crippen LogP contribution is -2.55. The second-order valence-corrected chi connectivity index (χ2v) is 8.50. The topological polar surface area (TPSA) is 118 Å². The number of rotatable bonds is 4. The molecule has 1 saturated heterocycles. The molecule has 4 heterocycles. The highest BCUT2D eigenvalue weighted by Crippen LogP contribution is 2.40. The first kappa shape index (κ1) is 27.2. The van der Waals surface area contributed by atoms with Crippen LogP contribution in [-0.2, 0) is 26.5 Å². The van der Waals surface area contributed by atoms with Crippen molar-refractivity contribution in [2.45, 2.75) is 58.0 Å². The summed E-state index contributed by atoms with van der Waals surface area (Å²) in [5.41, 5.74) is -0.0427. The Bertz CT molecular complexity index is 1080. The van der Waals surface area contributed by atoms with Crippen molar-refractivity contribution in [1.29, 1.82) is 0 Å². The second-order valence-electron chi connectivity index (χ2n) is 8.50. The van der Waals surface area contributed by atoms with Crippen molar-refractivity contribution in [3.63, 3.8) is 0 Å². The number of nitrogens with zero attached hydrogens (tertiary/aromatic N) is 4. The number of likely N-dealkylation sites (N-methyl/N-ethyl adjacent to an activating group) is 1. The van der Waals surface area contributed by atoms with Gasteiger partial charge in [-0.25, -0.2) is 9.78 Å². The number of amides is 2. The van der Waals surface area contributed by atoms with Crippen LogP contribution in [0.4, 0.5) is 13.2 Å². The van der Waals surface area contributed by atoms with E-state index in [0.717, 1.165) is 5.82 Å². The van der Waals surface area contributed by atoms with E-state index >= 15 is 0 Å². The Balaban J connectivity index is 0.000000454. The molecule has 10 nitrogen and oxygen atoms in total. The highest BCUT2D eigenvalue weighted by molar-refractivity contribution is 5.95. The fourth-order valence-corrected chi connectivity index (χ4v) is 4.45. The van der Waals surface area contributed by atoms with Gasteiger partial charge in [-0.05, 0) is 26.8 Å². The molecule has 198 valence electrons. The van der Waals surface area contributed by atoms with Crippen molar-refractivity contribution < 1.29 is 41.8 Å². The molecular weight excluding hydrogens is 485 g/mol. The van der Waals surface area contributed by atoms with Gasteiger partial charge in [0.2, 0.25) is 0 Å². The number of alkyl halides is 3. The van der Waals surface area contributed by atoms with Gasteiger partial charge in [0.05, 0.1) is 18.4 Å². The van der Waals surface area contributed by atoms with Crippen LogP contribution < -0.4 is 0 Å². The molecule has 2 amide bonds. The molecule has 1 atom stereocenters. The van der Waals surface area contributed by atoms with E-state index in [0.29, 0.717) is 56.9 Å². The summed E-state index contributed by atoms with van der Waals surface area (Å²) in [6, 6.07) is 1.71. The van der Waals surface area contributed by atoms with E-state index in [1.54, 1.807) is 30.4 Å². The number of aryl methyl sites for hydroxylation is 1. The fraction of sp³-hybridized carbons (Fsp3) is 0.565. The Labute approximate surface area is 205 Å². The molecule has 0 saturated carbocycles. The molecule has 1 fully saturated rings. The number of ether oxygens (including phenoxy) is 1. The number of aliphatic carboxylic acids is 1. The highest BCUT2D eigenvalue weighted by Gasteiger charge is 2.48. The third-order valence-electron chi connectivity index (χ3n) is 6.39. The van der Waals surface area contributed by atoms with E-state index in [-0.39, 0.29) is 11.8 Å². The predicted molar refractivity (Wildman–Crippen MR) is 119 cm³/mol. The van der Waals surface area contributed by atoms with Crippen LogP contribution in [0.25, 0.3) is 0 Å². The Kier molecular flexibility index (Phi) is 8.12. The molecule has 36 heavy (non-hydrogen) atoms. The number of carbonyl (C=O) groups is 3. The molecule has 1 unspecified atom stereocenters. The molecule has 2 aromatic heterocycles. The van der Waals surface area contributed by atoms with Crippen LogP contribution in [0.2, 0.25) is 0 Å². The smallest absolute Gasteiger partial charge is 0.475 e. The zero-order valence-electron chi connectivity index (χ0n) is 20.2. The molecule has 2 aliphatic heterocycles. The number of aromatic nitrogens is 2. The molecular formula is C23H29F3N4O6. The van der Waals surface area contributed by atoms with Gasteiger partial charge in [-0.2, -0.15) is 13.2 Å². The minimum absolute atomic E-state index is 0.0150. The summed E-state index contributed by atoms with van der Waals surface area (Å²) in [6.07, 6.45) is 0.808. The van der Waals surface area contributed by atoms with Gasteiger partial charge in [-0.3, -0.25) is 9.59 Å².